The quantitative estimate of drug-likeness (QED) is 0.639. The number of carbonyl (C=O) groups is 2. The van der Waals surface area contributed by atoms with Crippen LogP contribution in [0.5, 0.6) is 0 Å². The van der Waals surface area contributed by atoms with Crippen LogP contribution < -0.4 is 0 Å². The summed E-state index contributed by atoms with van der Waals surface area (Å²) < 4.78 is 29.8. The van der Waals surface area contributed by atoms with Gasteiger partial charge in [-0.05, 0) is 44.5 Å². The lowest BCUT2D eigenvalue weighted by molar-refractivity contribution is -0.182. The van der Waals surface area contributed by atoms with Crippen molar-refractivity contribution < 1.29 is 38.2 Å². The van der Waals surface area contributed by atoms with Gasteiger partial charge in [-0.3, -0.25) is 0 Å². The standard InChI is InChI=1S/C18H23FN2O3.C4H4O4/c19-14-2-3-15-16(12-14)24-20-18(15)13-4-7-21(8-5-13)9-6-17-22-10-1-11-23-17;5-3(6)1-2-4(7)8/h2-3,12-13,17H,1,4-11H2;1-2H,(H,5,6)(H,7,8)/b;2-1+. The predicted molar refractivity (Wildman–Crippen MR) is 112 cm³/mol. The number of hydrogen-bond donors (Lipinski definition) is 2. The van der Waals surface area contributed by atoms with E-state index in [1.54, 1.807) is 6.07 Å². The summed E-state index contributed by atoms with van der Waals surface area (Å²) in [5.74, 6) is -2.41. The van der Waals surface area contributed by atoms with Gasteiger partial charge in [0.2, 0.25) is 0 Å². The molecule has 2 aromatic rings. The Morgan fingerprint density at radius 1 is 1.12 bits per heavy atom. The molecule has 9 nitrogen and oxygen atoms in total. The van der Waals surface area contributed by atoms with Gasteiger partial charge in [-0.1, -0.05) is 5.16 Å². The van der Waals surface area contributed by atoms with E-state index in [-0.39, 0.29) is 12.1 Å². The van der Waals surface area contributed by atoms with E-state index in [1.165, 1.54) is 12.1 Å². The third-order valence-electron chi connectivity index (χ3n) is 5.38. The lowest BCUT2D eigenvalue weighted by Gasteiger charge is -2.32. The molecule has 174 valence electrons. The maximum Gasteiger partial charge on any atom is 0.328 e. The van der Waals surface area contributed by atoms with Crippen LogP contribution >= 0.6 is 0 Å². The molecule has 32 heavy (non-hydrogen) atoms. The summed E-state index contributed by atoms with van der Waals surface area (Å²) in [6.45, 7) is 4.70. The number of benzene rings is 1. The van der Waals surface area contributed by atoms with Gasteiger partial charge in [0.05, 0.1) is 18.9 Å². The van der Waals surface area contributed by atoms with Gasteiger partial charge in [0.15, 0.2) is 11.9 Å². The number of rotatable bonds is 6. The van der Waals surface area contributed by atoms with E-state index in [0.29, 0.717) is 23.7 Å². The molecule has 2 aliphatic heterocycles. The Morgan fingerprint density at radius 2 is 1.78 bits per heavy atom. The fraction of sp³-hybridized carbons (Fsp3) is 0.500. The molecular weight excluding hydrogens is 423 g/mol. The Hall–Kier alpha value is -2.82. The molecule has 1 aromatic carbocycles. The summed E-state index contributed by atoms with van der Waals surface area (Å²) in [5.41, 5.74) is 1.52. The van der Waals surface area contributed by atoms with Crippen LogP contribution in [0, 0.1) is 5.82 Å². The molecule has 0 aliphatic carbocycles. The second kappa shape index (κ2) is 11.7. The Balaban J connectivity index is 0.000000312. The summed E-state index contributed by atoms with van der Waals surface area (Å²) in [4.78, 5) is 21.6. The van der Waals surface area contributed by atoms with E-state index in [9.17, 15) is 14.0 Å². The molecule has 4 rings (SSSR count). The van der Waals surface area contributed by atoms with E-state index in [4.69, 9.17) is 24.2 Å². The van der Waals surface area contributed by atoms with Crippen LogP contribution in [-0.2, 0) is 19.1 Å². The molecule has 3 heterocycles. The van der Waals surface area contributed by atoms with E-state index >= 15 is 0 Å². The molecule has 1 aromatic heterocycles. The first-order valence-corrected chi connectivity index (χ1v) is 10.6. The van der Waals surface area contributed by atoms with Crippen molar-refractivity contribution in [3.05, 3.63) is 41.9 Å². The van der Waals surface area contributed by atoms with Crippen LogP contribution in [0.2, 0.25) is 0 Å². The normalized spacial score (nSPS) is 18.5. The van der Waals surface area contributed by atoms with Crippen molar-refractivity contribution in [1.29, 1.82) is 0 Å². The summed E-state index contributed by atoms with van der Waals surface area (Å²) in [6, 6.07) is 4.66. The number of likely N-dealkylation sites (tertiary alicyclic amines) is 1. The average molecular weight is 450 g/mol. The number of hydrogen-bond acceptors (Lipinski definition) is 7. The van der Waals surface area contributed by atoms with Crippen LogP contribution in [-0.4, -0.2) is 71.3 Å². The summed E-state index contributed by atoms with van der Waals surface area (Å²) in [6.07, 6.45) is 5.10. The van der Waals surface area contributed by atoms with Crippen molar-refractivity contribution in [2.75, 3.05) is 32.8 Å². The molecule has 0 saturated carbocycles. The number of aromatic nitrogens is 1. The molecule has 2 N–H and O–H groups in total. The number of nitrogens with zero attached hydrogens (tertiary/aromatic N) is 2. The molecule has 0 spiro atoms. The van der Waals surface area contributed by atoms with Gasteiger partial charge in [0.1, 0.15) is 5.82 Å². The third-order valence-corrected chi connectivity index (χ3v) is 5.38. The Bertz CT molecular complexity index is 916. The van der Waals surface area contributed by atoms with E-state index in [0.717, 1.165) is 69.6 Å². The lowest BCUT2D eigenvalue weighted by atomic mass is 9.91. The minimum absolute atomic E-state index is 0.0362. The Labute approximate surface area is 184 Å². The zero-order valence-corrected chi connectivity index (χ0v) is 17.6. The maximum atomic E-state index is 13.3. The van der Waals surface area contributed by atoms with Crippen molar-refractivity contribution in [2.24, 2.45) is 0 Å². The number of aliphatic carboxylic acids is 2. The zero-order valence-electron chi connectivity index (χ0n) is 17.6. The first-order valence-electron chi connectivity index (χ1n) is 10.6. The summed E-state index contributed by atoms with van der Waals surface area (Å²) >= 11 is 0. The second-order valence-electron chi connectivity index (χ2n) is 7.65. The molecule has 2 saturated heterocycles. The summed E-state index contributed by atoms with van der Waals surface area (Å²) in [7, 11) is 0. The van der Waals surface area contributed by atoms with Crippen molar-refractivity contribution in [3.63, 3.8) is 0 Å². The smallest absolute Gasteiger partial charge is 0.328 e. The molecule has 0 radical (unpaired) electrons. The molecule has 0 amide bonds. The highest BCUT2D eigenvalue weighted by molar-refractivity contribution is 5.89. The lowest BCUT2D eigenvalue weighted by Crippen LogP contribution is -2.36. The number of ether oxygens (including phenoxy) is 2. The SMILES string of the molecule is Fc1ccc2c(C3CCN(CCC4OCCCO4)CC3)noc2c1.O=C(O)/C=C/C(=O)O. The van der Waals surface area contributed by atoms with Crippen molar-refractivity contribution >= 4 is 22.9 Å². The summed E-state index contributed by atoms with van der Waals surface area (Å²) in [5, 5.41) is 20.8. The maximum absolute atomic E-state index is 13.3. The van der Waals surface area contributed by atoms with Crippen LogP contribution in [0.3, 0.4) is 0 Å². The van der Waals surface area contributed by atoms with E-state index < -0.39 is 11.9 Å². The van der Waals surface area contributed by atoms with Crippen LogP contribution in [0.25, 0.3) is 11.0 Å². The van der Waals surface area contributed by atoms with Gasteiger partial charge >= 0.3 is 11.9 Å². The second-order valence-corrected chi connectivity index (χ2v) is 7.65. The minimum Gasteiger partial charge on any atom is -0.478 e. The molecule has 10 heteroatoms. The molecular formula is C22H27FN2O7. The highest BCUT2D eigenvalue weighted by Gasteiger charge is 2.26. The highest BCUT2D eigenvalue weighted by Crippen LogP contribution is 2.32. The third kappa shape index (κ3) is 7.11. The van der Waals surface area contributed by atoms with Crippen LogP contribution in [0.4, 0.5) is 4.39 Å². The topological polar surface area (TPSA) is 122 Å². The number of carboxylic acid groups (broad SMARTS) is 2. The first kappa shape index (κ1) is 23.8. The van der Waals surface area contributed by atoms with Gasteiger partial charge in [0.25, 0.3) is 0 Å². The minimum atomic E-state index is -1.26. The van der Waals surface area contributed by atoms with Gasteiger partial charge < -0.3 is 29.1 Å². The molecule has 0 atom stereocenters. The van der Waals surface area contributed by atoms with E-state index in [2.05, 4.69) is 10.1 Å². The Kier molecular flexibility index (Phi) is 8.72. The highest BCUT2D eigenvalue weighted by atomic mass is 19.1. The monoisotopic (exact) mass is 450 g/mol. The average Bonchev–Trinajstić information content (AvgIpc) is 3.21. The Morgan fingerprint density at radius 3 is 2.41 bits per heavy atom. The van der Waals surface area contributed by atoms with Crippen molar-refractivity contribution in [3.8, 4) is 0 Å². The van der Waals surface area contributed by atoms with Crippen molar-refractivity contribution in [2.45, 2.75) is 37.9 Å². The fourth-order valence-electron chi connectivity index (χ4n) is 3.79. The number of fused-ring (bicyclic) bond motifs is 1. The van der Waals surface area contributed by atoms with Gasteiger partial charge in [-0.2, -0.15) is 0 Å². The largest absolute Gasteiger partial charge is 0.478 e. The van der Waals surface area contributed by atoms with Gasteiger partial charge in [0, 0.05) is 42.5 Å². The fourth-order valence-corrected chi connectivity index (χ4v) is 3.79. The molecule has 0 unspecified atom stereocenters. The number of carboxylic acids is 2. The van der Waals surface area contributed by atoms with Crippen LogP contribution in [0.15, 0.2) is 34.9 Å². The number of piperidine rings is 1. The van der Waals surface area contributed by atoms with Gasteiger partial charge in [-0.15, -0.1) is 0 Å². The predicted octanol–water partition coefficient (Wildman–Crippen LogP) is 3.01. The number of halogens is 1. The molecule has 2 fully saturated rings. The van der Waals surface area contributed by atoms with Crippen LogP contribution in [0.1, 0.15) is 37.3 Å². The van der Waals surface area contributed by atoms with Crippen molar-refractivity contribution in [1.82, 2.24) is 10.1 Å². The zero-order chi connectivity index (χ0) is 22.9. The molecule has 2 aliphatic rings. The first-order chi connectivity index (χ1) is 15.4. The van der Waals surface area contributed by atoms with Gasteiger partial charge in [-0.25, -0.2) is 14.0 Å². The van der Waals surface area contributed by atoms with E-state index in [1.807, 2.05) is 0 Å². The molecule has 0 bridgehead atoms.